The van der Waals surface area contributed by atoms with Crippen molar-refractivity contribution in [2.24, 2.45) is 0 Å². The number of carbonyl (C=O) groups is 1. The van der Waals surface area contributed by atoms with Crippen LogP contribution in [0.2, 0.25) is 0 Å². The van der Waals surface area contributed by atoms with Crippen LogP contribution < -0.4 is 0 Å². The second-order valence-electron chi connectivity index (χ2n) is 5.91. The molecule has 3 rings (SSSR count). The maximum Gasteiger partial charge on any atom is 0.255 e. The zero-order chi connectivity index (χ0) is 14.8. The highest BCUT2D eigenvalue weighted by atomic mass is 127. The van der Waals surface area contributed by atoms with E-state index in [-0.39, 0.29) is 5.91 Å². The largest absolute Gasteiger partial charge is 0.337 e. The summed E-state index contributed by atoms with van der Waals surface area (Å²) in [4.78, 5) is 17.4. The van der Waals surface area contributed by atoms with Gasteiger partial charge < -0.3 is 4.90 Å². The molecule has 3 nitrogen and oxygen atoms in total. The molecule has 2 heterocycles. The summed E-state index contributed by atoms with van der Waals surface area (Å²) in [5, 5.41) is 0. The molecule has 2 fully saturated rings. The average Bonchev–Trinajstić information content (AvgIpc) is 3.03. The van der Waals surface area contributed by atoms with Gasteiger partial charge in [0.1, 0.15) is 0 Å². The van der Waals surface area contributed by atoms with Crippen LogP contribution in [0.15, 0.2) is 22.7 Å². The highest BCUT2D eigenvalue weighted by molar-refractivity contribution is 14.1. The quantitative estimate of drug-likeness (QED) is 0.625. The average molecular weight is 463 g/mol. The van der Waals surface area contributed by atoms with Crippen molar-refractivity contribution in [3.8, 4) is 0 Å². The third-order valence-electron chi connectivity index (χ3n) is 4.50. The van der Waals surface area contributed by atoms with Gasteiger partial charge >= 0.3 is 0 Å². The molecule has 1 aromatic rings. The van der Waals surface area contributed by atoms with Crippen LogP contribution in [-0.2, 0) is 0 Å². The predicted octanol–water partition coefficient (Wildman–Crippen LogP) is 3.75. The summed E-state index contributed by atoms with van der Waals surface area (Å²) < 4.78 is 2.00. The van der Waals surface area contributed by atoms with Gasteiger partial charge in [-0.15, -0.1) is 0 Å². The van der Waals surface area contributed by atoms with E-state index in [9.17, 15) is 4.79 Å². The van der Waals surface area contributed by atoms with Gasteiger partial charge in [0.15, 0.2) is 0 Å². The molecule has 1 aromatic carbocycles. The van der Waals surface area contributed by atoms with Crippen molar-refractivity contribution >= 4 is 44.4 Å². The van der Waals surface area contributed by atoms with Crippen LogP contribution in [-0.4, -0.2) is 47.9 Å². The fourth-order valence-electron chi connectivity index (χ4n) is 3.38. The minimum Gasteiger partial charge on any atom is -0.337 e. The van der Waals surface area contributed by atoms with Gasteiger partial charge in [0.25, 0.3) is 5.91 Å². The molecule has 0 aromatic heterocycles. The van der Waals surface area contributed by atoms with Gasteiger partial charge in [-0.25, -0.2) is 0 Å². The van der Waals surface area contributed by atoms with Crippen LogP contribution in [0.25, 0.3) is 0 Å². The van der Waals surface area contributed by atoms with Crippen molar-refractivity contribution in [1.29, 1.82) is 0 Å². The molecule has 2 aliphatic rings. The van der Waals surface area contributed by atoms with Crippen molar-refractivity contribution in [2.75, 3.05) is 26.2 Å². The fraction of sp³-hybridized carbons (Fsp3) is 0.562. The Morgan fingerprint density at radius 2 is 1.95 bits per heavy atom. The Labute approximate surface area is 148 Å². The van der Waals surface area contributed by atoms with Crippen LogP contribution in [0.4, 0.5) is 0 Å². The summed E-state index contributed by atoms with van der Waals surface area (Å²) in [5.41, 5.74) is 0.795. The Morgan fingerprint density at radius 1 is 1.19 bits per heavy atom. The Bertz CT molecular complexity index is 531. The number of likely N-dealkylation sites (tertiary alicyclic amines) is 2. The van der Waals surface area contributed by atoms with E-state index in [4.69, 9.17) is 0 Å². The minimum absolute atomic E-state index is 0.171. The number of hydrogen-bond acceptors (Lipinski definition) is 2. The first-order chi connectivity index (χ1) is 10.1. The molecular weight excluding hydrogens is 443 g/mol. The molecule has 5 heteroatoms. The summed E-state index contributed by atoms with van der Waals surface area (Å²) >= 11 is 5.78. The topological polar surface area (TPSA) is 23.6 Å². The number of piperidine rings is 1. The van der Waals surface area contributed by atoms with Gasteiger partial charge in [-0.2, -0.15) is 0 Å². The molecule has 0 bridgehead atoms. The Kier molecular flexibility index (Phi) is 5.22. The Morgan fingerprint density at radius 3 is 2.71 bits per heavy atom. The number of amides is 1. The lowest BCUT2D eigenvalue weighted by atomic mass is 10.0. The van der Waals surface area contributed by atoms with Crippen LogP contribution in [0, 0.1) is 3.57 Å². The third kappa shape index (κ3) is 3.62. The van der Waals surface area contributed by atoms with Crippen molar-refractivity contribution in [2.45, 2.75) is 31.7 Å². The van der Waals surface area contributed by atoms with Gasteiger partial charge in [0.05, 0.1) is 5.56 Å². The van der Waals surface area contributed by atoms with E-state index < -0.39 is 0 Å². The van der Waals surface area contributed by atoms with Crippen molar-refractivity contribution in [3.05, 3.63) is 31.8 Å². The second kappa shape index (κ2) is 6.96. The molecule has 1 unspecified atom stereocenters. The van der Waals surface area contributed by atoms with E-state index >= 15 is 0 Å². The van der Waals surface area contributed by atoms with Gasteiger partial charge in [-0.3, -0.25) is 9.69 Å². The molecule has 21 heavy (non-hydrogen) atoms. The molecule has 0 N–H and O–H groups in total. The summed E-state index contributed by atoms with van der Waals surface area (Å²) in [5.74, 6) is 0.171. The molecule has 2 aliphatic heterocycles. The smallest absolute Gasteiger partial charge is 0.255 e. The Hall–Kier alpha value is -0.140. The maximum absolute atomic E-state index is 12.8. The minimum atomic E-state index is 0.171. The van der Waals surface area contributed by atoms with E-state index in [0.29, 0.717) is 6.04 Å². The number of hydrogen-bond donors (Lipinski definition) is 0. The predicted molar refractivity (Wildman–Crippen MR) is 96.6 cm³/mol. The molecule has 114 valence electrons. The summed E-state index contributed by atoms with van der Waals surface area (Å²) in [6, 6.07) is 6.53. The lowest BCUT2D eigenvalue weighted by molar-refractivity contribution is 0.0607. The number of halogens is 2. The highest BCUT2D eigenvalue weighted by Crippen LogP contribution is 2.25. The van der Waals surface area contributed by atoms with E-state index in [2.05, 4.69) is 43.4 Å². The van der Waals surface area contributed by atoms with Crippen molar-refractivity contribution < 1.29 is 4.79 Å². The molecular formula is C16H20BrIN2O. The van der Waals surface area contributed by atoms with Crippen LogP contribution in [0.3, 0.4) is 0 Å². The SMILES string of the molecule is O=C(c1cc(I)ccc1Br)N1CCCC(N2CCCC2)C1. The molecule has 0 saturated carbocycles. The van der Waals surface area contributed by atoms with E-state index in [1.54, 1.807) is 0 Å². The molecule has 1 amide bonds. The third-order valence-corrected chi connectivity index (χ3v) is 5.86. The van der Waals surface area contributed by atoms with Crippen LogP contribution in [0.1, 0.15) is 36.0 Å². The van der Waals surface area contributed by atoms with Gasteiger partial charge in [-0.1, -0.05) is 0 Å². The first-order valence-corrected chi connectivity index (χ1v) is 9.51. The standard InChI is InChI=1S/C16H20BrIN2O/c17-15-6-5-12(18)10-14(15)16(21)20-9-3-4-13(11-20)19-7-1-2-8-19/h5-6,10,13H,1-4,7-9,11H2. The van der Waals surface area contributed by atoms with Crippen molar-refractivity contribution in [1.82, 2.24) is 9.80 Å². The fourth-order valence-corrected chi connectivity index (χ4v) is 4.28. The van der Waals surface area contributed by atoms with Gasteiger partial charge in [-0.05, 0) is 95.5 Å². The monoisotopic (exact) mass is 462 g/mol. The maximum atomic E-state index is 12.8. The lowest BCUT2D eigenvalue weighted by Gasteiger charge is -2.37. The summed E-state index contributed by atoms with van der Waals surface area (Å²) in [6.07, 6.45) is 4.98. The van der Waals surface area contributed by atoms with Gasteiger partial charge in [0.2, 0.25) is 0 Å². The first kappa shape index (κ1) is 15.7. The van der Waals surface area contributed by atoms with E-state index in [1.807, 2.05) is 23.1 Å². The molecule has 0 aliphatic carbocycles. The van der Waals surface area contributed by atoms with Crippen molar-refractivity contribution in [3.63, 3.8) is 0 Å². The molecule has 1 atom stereocenters. The van der Waals surface area contributed by atoms with Gasteiger partial charge in [0, 0.05) is 27.2 Å². The Balaban J connectivity index is 1.73. The molecule has 2 saturated heterocycles. The molecule has 0 spiro atoms. The van der Waals surface area contributed by atoms with Crippen LogP contribution >= 0.6 is 38.5 Å². The number of rotatable bonds is 2. The number of carbonyl (C=O) groups excluding carboxylic acids is 1. The number of benzene rings is 1. The van der Waals surface area contributed by atoms with E-state index in [1.165, 1.54) is 32.4 Å². The summed E-state index contributed by atoms with van der Waals surface area (Å²) in [7, 11) is 0. The zero-order valence-electron chi connectivity index (χ0n) is 12.0. The zero-order valence-corrected chi connectivity index (χ0v) is 15.8. The van der Waals surface area contributed by atoms with E-state index in [0.717, 1.165) is 33.1 Å². The summed E-state index contributed by atoms with van der Waals surface area (Å²) in [6.45, 7) is 4.19. The normalized spacial score (nSPS) is 23.5. The second-order valence-corrected chi connectivity index (χ2v) is 8.01. The lowest BCUT2D eigenvalue weighted by Crippen LogP contribution is -2.49. The van der Waals surface area contributed by atoms with Crippen LogP contribution in [0.5, 0.6) is 0 Å². The number of nitrogens with zero attached hydrogens (tertiary/aromatic N) is 2. The molecule has 0 radical (unpaired) electrons. The highest BCUT2D eigenvalue weighted by Gasteiger charge is 2.30. The first-order valence-electron chi connectivity index (χ1n) is 7.63.